The number of methoxy groups -OCH3 is 1. The molecule has 94 valence electrons. The number of benzene rings is 1. The monoisotopic (exact) mass is 253 g/mol. The maximum absolute atomic E-state index is 9.09. The average Bonchev–Trinajstić information content (AvgIpc) is 2.32. The summed E-state index contributed by atoms with van der Waals surface area (Å²) in [6.45, 7) is 4.50. The Balaban J connectivity index is 2.36. The molecule has 0 fully saturated rings. The summed E-state index contributed by atoms with van der Waals surface area (Å²) in [5.74, 6) is 0.896. The van der Waals surface area contributed by atoms with Gasteiger partial charge in [0.25, 0.3) is 0 Å². The van der Waals surface area contributed by atoms with Gasteiger partial charge in [0.2, 0.25) is 0 Å². The molecular weight excluding hydrogens is 234 g/mol. The zero-order valence-electron chi connectivity index (χ0n) is 10.5. The van der Waals surface area contributed by atoms with Crippen molar-refractivity contribution in [1.82, 2.24) is 0 Å². The Morgan fingerprint density at radius 2 is 2.24 bits per heavy atom. The van der Waals surface area contributed by atoms with Crippen LogP contribution in [0.2, 0.25) is 0 Å². The molecule has 1 aliphatic rings. The number of nitrogens with one attached hydrogen (secondary N) is 1. The van der Waals surface area contributed by atoms with Gasteiger partial charge in [-0.1, -0.05) is 6.07 Å². The molecule has 0 radical (unpaired) electrons. The maximum atomic E-state index is 9.09. The Kier molecular flexibility index (Phi) is 3.84. The van der Waals surface area contributed by atoms with Crippen LogP contribution in [0, 0.1) is 6.92 Å². The lowest BCUT2D eigenvalue weighted by Gasteiger charge is -2.33. The molecule has 0 aliphatic carbocycles. The molecule has 4 heteroatoms. The summed E-state index contributed by atoms with van der Waals surface area (Å²) < 4.78 is 5.39. The van der Waals surface area contributed by atoms with Crippen LogP contribution in [0.4, 0.5) is 5.69 Å². The predicted molar refractivity (Wildman–Crippen MR) is 72.2 cm³/mol. The van der Waals surface area contributed by atoms with E-state index >= 15 is 0 Å². The van der Waals surface area contributed by atoms with Crippen LogP contribution in [0.1, 0.15) is 18.9 Å². The third kappa shape index (κ3) is 2.38. The van der Waals surface area contributed by atoms with E-state index in [4.69, 9.17) is 9.84 Å². The first-order chi connectivity index (χ1) is 8.17. The largest absolute Gasteiger partial charge is 0.495 e. The van der Waals surface area contributed by atoms with Gasteiger partial charge in [0.15, 0.2) is 0 Å². The van der Waals surface area contributed by atoms with E-state index in [-0.39, 0.29) is 6.61 Å². The zero-order chi connectivity index (χ0) is 12.4. The van der Waals surface area contributed by atoms with Gasteiger partial charge in [-0.15, -0.1) is 11.8 Å². The number of rotatable bonds is 3. The SMILES string of the molecule is COc1ccc(C)c2c1NC(C)C(CCO)S2. The first-order valence-electron chi connectivity index (χ1n) is 5.89. The number of thioether (sulfide) groups is 1. The Bertz CT molecular complexity index is 409. The molecule has 2 atom stereocenters. The minimum Gasteiger partial charge on any atom is -0.495 e. The van der Waals surface area contributed by atoms with Crippen molar-refractivity contribution in [2.75, 3.05) is 19.0 Å². The molecule has 1 heterocycles. The lowest BCUT2D eigenvalue weighted by Crippen LogP contribution is -2.33. The average molecular weight is 253 g/mol. The van der Waals surface area contributed by atoms with Crippen molar-refractivity contribution in [3.63, 3.8) is 0 Å². The fourth-order valence-electron chi connectivity index (χ4n) is 2.14. The van der Waals surface area contributed by atoms with Crippen molar-refractivity contribution in [1.29, 1.82) is 0 Å². The number of hydrogen-bond donors (Lipinski definition) is 2. The molecular formula is C13H19NO2S. The van der Waals surface area contributed by atoms with E-state index in [0.29, 0.717) is 11.3 Å². The standard InChI is InChI=1S/C13H19NO2S/c1-8-4-5-10(16-3)12-13(8)17-11(6-7-15)9(2)14-12/h4-5,9,11,14-15H,6-7H2,1-3H3. The molecule has 3 nitrogen and oxygen atoms in total. The molecule has 1 aliphatic heterocycles. The number of anilines is 1. The van der Waals surface area contributed by atoms with Gasteiger partial charge in [-0.05, 0) is 31.9 Å². The Hall–Kier alpha value is -0.870. The molecule has 2 rings (SSSR count). The van der Waals surface area contributed by atoms with E-state index < -0.39 is 0 Å². The van der Waals surface area contributed by atoms with E-state index in [1.807, 2.05) is 17.8 Å². The summed E-state index contributed by atoms with van der Waals surface area (Å²) in [6.07, 6.45) is 0.814. The van der Waals surface area contributed by atoms with Crippen LogP contribution in [-0.4, -0.2) is 30.1 Å². The highest BCUT2D eigenvalue weighted by atomic mass is 32.2. The topological polar surface area (TPSA) is 41.5 Å². The van der Waals surface area contributed by atoms with Gasteiger partial charge in [-0.25, -0.2) is 0 Å². The second-order valence-electron chi connectivity index (χ2n) is 4.39. The van der Waals surface area contributed by atoms with Crippen LogP contribution in [0.5, 0.6) is 5.75 Å². The smallest absolute Gasteiger partial charge is 0.143 e. The van der Waals surface area contributed by atoms with Crippen LogP contribution in [0.3, 0.4) is 0 Å². The van der Waals surface area contributed by atoms with Crippen molar-refractivity contribution >= 4 is 17.4 Å². The van der Waals surface area contributed by atoms with Gasteiger partial charge in [0, 0.05) is 22.8 Å². The summed E-state index contributed by atoms with van der Waals surface area (Å²) in [6, 6.07) is 4.43. The minimum atomic E-state index is 0.238. The molecule has 0 amide bonds. The molecule has 0 aromatic heterocycles. The van der Waals surface area contributed by atoms with Gasteiger partial charge in [-0.3, -0.25) is 0 Å². The first-order valence-corrected chi connectivity index (χ1v) is 6.77. The van der Waals surface area contributed by atoms with Crippen LogP contribution in [0.25, 0.3) is 0 Å². The molecule has 2 N–H and O–H groups in total. The summed E-state index contributed by atoms with van der Waals surface area (Å²) in [5, 5.41) is 13.0. The Labute approximate surface area is 107 Å². The van der Waals surface area contributed by atoms with Gasteiger partial charge in [0.05, 0.1) is 12.8 Å². The third-order valence-corrected chi connectivity index (χ3v) is 4.86. The van der Waals surface area contributed by atoms with Crippen LogP contribution in [0.15, 0.2) is 17.0 Å². The van der Waals surface area contributed by atoms with E-state index in [0.717, 1.165) is 17.9 Å². The van der Waals surface area contributed by atoms with Crippen molar-refractivity contribution in [3.8, 4) is 5.75 Å². The maximum Gasteiger partial charge on any atom is 0.143 e. The molecule has 1 aromatic carbocycles. The highest BCUT2D eigenvalue weighted by molar-refractivity contribution is 8.00. The van der Waals surface area contributed by atoms with Crippen molar-refractivity contribution in [2.45, 2.75) is 36.5 Å². The van der Waals surface area contributed by atoms with E-state index in [9.17, 15) is 0 Å². The quantitative estimate of drug-likeness (QED) is 0.869. The lowest BCUT2D eigenvalue weighted by molar-refractivity contribution is 0.284. The zero-order valence-corrected chi connectivity index (χ0v) is 11.3. The summed E-state index contributed by atoms with van der Waals surface area (Å²) in [4.78, 5) is 1.25. The fourth-order valence-corrected chi connectivity index (χ4v) is 3.47. The predicted octanol–water partition coefficient (Wildman–Crippen LogP) is 2.66. The van der Waals surface area contributed by atoms with Gasteiger partial charge >= 0.3 is 0 Å². The number of aliphatic hydroxyl groups excluding tert-OH is 1. The Morgan fingerprint density at radius 3 is 2.88 bits per heavy atom. The van der Waals surface area contributed by atoms with Crippen LogP contribution >= 0.6 is 11.8 Å². The second kappa shape index (κ2) is 5.19. The normalized spacial score (nSPS) is 22.8. The van der Waals surface area contributed by atoms with Crippen molar-refractivity contribution in [3.05, 3.63) is 17.7 Å². The molecule has 0 saturated carbocycles. The Morgan fingerprint density at radius 1 is 1.47 bits per heavy atom. The van der Waals surface area contributed by atoms with Gasteiger partial charge < -0.3 is 15.2 Å². The van der Waals surface area contributed by atoms with Crippen molar-refractivity contribution < 1.29 is 9.84 Å². The number of fused-ring (bicyclic) bond motifs is 1. The molecule has 0 saturated heterocycles. The van der Waals surface area contributed by atoms with Crippen LogP contribution < -0.4 is 10.1 Å². The van der Waals surface area contributed by atoms with Gasteiger partial charge in [0.1, 0.15) is 5.75 Å². The number of ether oxygens (including phenoxy) is 1. The van der Waals surface area contributed by atoms with Crippen LogP contribution in [-0.2, 0) is 0 Å². The summed E-state index contributed by atoms with van der Waals surface area (Å²) >= 11 is 1.84. The van der Waals surface area contributed by atoms with E-state index in [1.165, 1.54) is 10.5 Å². The third-order valence-electron chi connectivity index (χ3n) is 3.15. The van der Waals surface area contributed by atoms with E-state index in [1.54, 1.807) is 7.11 Å². The number of aliphatic hydroxyl groups is 1. The number of hydrogen-bond acceptors (Lipinski definition) is 4. The molecule has 2 unspecified atom stereocenters. The fraction of sp³-hybridized carbons (Fsp3) is 0.538. The first kappa shape index (κ1) is 12.6. The van der Waals surface area contributed by atoms with E-state index in [2.05, 4.69) is 25.2 Å². The minimum absolute atomic E-state index is 0.238. The highest BCUT2D eigenvalue weighted by Crippen LogP contribution is 2.45. The van der Waals surface area contributed by atoms with Gasteiger partial charge in [-0.2, -0.15) is 0 Å². The molecule has 0 bridgehead atoms. The molecule has 17 heavy (non-hydrogen) atoms. The summed E-state index contributed by atoms with van der Waals surface area (Å²) in [7, 11) is 1.70. The summed E-state index contributed by atoms with van der Waals surface area (Å²) in [5.41, 5.74) is 2.35. The molecule has 0 spiro atoms. The van der Waals surface area contributed by atoms with Crippen molar-refractivity contribution in [2.24, 2.45) is 0 Å². The lowest BCUT2D eigenvalue weighted by atomic mass is 10.1. The molecule has 1 aromatic rings. The highest BCUT2D eigenvalue weighted by Gasteiger charge is 2.28. The second-order valence-corrected chi connectivity index (χ2v) is 5.64. The number of aryl methyl sites for hydroxylation is 1.